The van der Waals surface area contributed by atoms with E-state index in [1.54, 1.807) is 0 Å². The van der Waals surface area contributed by atoms with Crippen LogP contribution in [0.15, 0.2) is 25.3 Å². The molecule has 0 unspecified atom stereocenters. The number of esters is 2. The van der Waals surface area contributed by atoms with Crippen LogP contribution in [0.5, 0.6) is 0 Å². The fourth-order valence-corrected chi connectivity index (χ4v) is 1.54. The first-order valence-electron chi connectivity index (χ1n) is 8.77. The summed E-state index contributed by atoms with van der Waals surface area (Å²) in [7, 11) is 7.47. The van der Waals surface area contributed by atoms with Crippen molar-refractivity contribution in [1.82, 2.24) is 0 Å². The summed E-state index contributed by atoms with van der Waals surface area (Å²) in [4.78, 5) is 21.2. The lowest BCUT2D eigenvalue weighted by molar-refractivity contribution is -0.870. The second kappa shape index (κ2) is 16.1. The minimum absolute atomic E-state index is 0.337. The van der Waals surface area contributed by atoms with Gasteiger partial charge in [0.15, 0.2) is 0 Å². The Hall–Kier alpha value is -1.79. The molecule has 172 valence electrons. The second-order valence-electron chi connectivity index (χ2n) is 7.89. The third-order valence-electron chi connectivity index (χ3n) is 2.77. The molecule has 0 aromatic rings. The highest BCUT2D eigenvalue weighted by Crippen LogP contribution is 1.95. The highest BCUT2D eigenvalue weighted by Gasteiger charge is 2.07. The van der Waals surface area contributed by atoms with E-state index in [9.17, 15) is 9.59 Å². The highest BCUT2D eigenvalue weighted by atomic mass is 32.3. The topological polar surface area (TPSA) is 133 Å². The molecule has 0 aliphatic carbocycles. The molecule has 0 aliphatic heterocycles. The van der Waals surface area contributed by atoms with E-state index in [1.165, 1.54) is 12.2 Å². The summed E-state index contributed by atoms with van der Waals surface area (Å²) >= 11 is 0. The van der Waals surface area contributed by atoms with Crippen molar-refractivity contribution < 1.29 is 45.6 Å². The van der Waals surface area contributed by atoms with Crippen LogP contribution in [0.1, 0.15) is 12.8 Å². The van der Waals surface area contributed by atoms with Gasteiger partial charge < -0.3 is 27.5 Å². The molecule has 0 N–H and O–H groups in total. The largest absolute Gasteiger partial charge is 0.759 e. The third-order valence-corrected chi connectivity index (χ3v) is 2.77. The number of carbonyl (C=O) groups is 2. The summed E-state index contributed by atoms with van der Waals surface area (Å²) in [6.45, 7) is 9.60. The van der Waals surface area contributed by atoms with E-state index in [-0.39, 0.29) is 11.9 Å². The SMILES string of the molecule is C=CC(=O)OCCC[N+](C)(C)C.C=CC(=O)OCCC[N+](C)(C)C.O=S(=O)([O-])[O-]. The molecule has 0 atom stereocenters. The van der Waals surface area contributed by atoms with Gasteiger partial charge in [-0.2, -0.15) is 0 Å². The van der Waals surface area contributed by atoms with E-state index in [4.69, 9.17) is 27.0 Å². The molecular formula is C18H36N2O8S. The quantitative estimate of drug-likeness (QED) is 0.118. The van der Waals surface area contributed by atoms with E-state index < -0.39 is 10.4 Å². The maximum atomic E-state index is 10.6. The Bertz CT molecular complexity index is 544. The first-order chi connectivity index (χ1) is 12.9. The van der Waals surface area contributed by atoms with Crippen molar-refractivity contribution >= 4 is 22.3 Å². The van der Waals surface area contributed by atoms with Crippen molar-refractivity contribution in [3.8, 4) is 0 Å². The third kappa shape index (κ3) is 46.3. The number of hydrogen-bond donors (Lipinski definition) is 0. The Morgan fingerprint density at radius 3 is 1.21 bits per heavy atom. The van der Waals surface area contributed by atoms with Crippen LogP contribution in [-0.2, 0) is 29.5 Å². The van der Waals surface area contributed by atoms with E-state index in [0.29, 0.717) is 13.2 Å². The Kier molecular flexibility index (Phi) is 17.7. The molecule has 0 aromatic carbocycles. The Morgan fingerprint density at radius 2 is 1.03 bits per heavy atom. The summed E-state index contributed by atoms with van der Waals surface area (Å²) in [6, 6.07) is 0. The van der Waals surface area contributed by atoms with Crippen molar-refractivity contribution in [3.63, 3.8) is 0 Å². The zero-order chi connectivity index (χ0) is 23.7. The van der Waals surface area contributed by atoms with Crippen LogP contribution in [0.3, 0.4) is 0 Å². The van der Waals surface area contributed by atoms with E-state index in [1.807, 2.05) is 0 Å². The van der Waals surface area contributed by atoms with Crippen molar-refractivity contribution in [2.75, 3.05) is 68.6 Å². The van der Waals surface area contributed by atoms with Gasteiger partial charge in [-0.3, -0.25) is 8.42 Å². The van der Waals surface area contributed by atoms with Gasteiger partial charge in [0.2, 0.25) is 0 Å². The van der Waals surface area contributed by atoms with Crippen molar-refractivity contribution in [2.45, 2.75) is 12.8 Å². The lowest BCUT2D eigenvalue weighted by Crippen LogP contribution is -2.35. The van der Waals surface area contributed by atoms with Gasteiger partial charge in [0.1, 0.15) is 0 Å². The van der Waals surface area contributed by atoms with Gasteiger partial charge in [-0.25, -0.2) is 9.59 Å². The number of carbonyl (C=O) groups excluding carboxylic acids is 2. The standard InChI is InChI=1S/2C9H18NO2.H2O4S/c2*1-5-9(11)12-8-6-7-10(2,3)4;1-5(2,3)4/h2*5H,1,6-8H2,2-4H3;(H2,1,2,3,4)/q2*+1;/p-2. The Balaban J connectivity index is -0.000000380. The normalized spacial score (nSPS) is 11.0. The molecule has 0 fully saturated rings. The summed E-state index contributed by atoms with van der Waals surface area (Å²) < 4.78 is 45.5. The lowest BCUT2D eigenvalue weighted by Gasteiger charge is -2.23. The molecule has 0 amide bonds. The second-order valence-corrected chi connectivity index (χ2v) is 8.70. The van der Waals surface area contributed by atoms with Gasteiger partial charge in [-0.1, -0.05) is 13.2 Å². The van der Waals surface area contributed by atoms with Crippen molar-refractivity contribution in [3.05, 3.63) is 25.3 Å². The Morgan fingerprint density at radius 1 is 0.793 bits per heavy atom. The summed E-state index contributed by atoms with van der Waals surface area (Å²) in [5.41, 5.74) is 0. The van der Waals surface area contributed by atoms with Crippen molar-refractivity contribution in [2.24, 2.45) is 0 Å². The minimum atomic E-state index is -5.17. The zero-order valence-electron chi connectivity index (χ0n) is 18.4. The summed E-state index contributed by atoms with van der Waals surface area (Å²) in [6.07, 6.45) is 4.16. The molecule has 10 nitrogen and oxygen atoms in total. The first kappa shape index (κ1) is 31.9. The predicted octanol–water partition coefficient (Wildman–Crippen LogP) is 0.286. The van der Waals surface area contributed by atoms with Crippen LogP contribution in [-0.4, -0.2) is 107 Å². The molecule has 0 heterocycles. The number of quaternary nitrogens is 2. The van der Waals surface area contributed by atoms with Crippen LogP contribution in [0.2, 0.25) is 0 Å². The highest BCUT2D eigenvalue weighted by molar-refractivity contribution is 7.79. The van der Waals surface area contributed by atoms with Crippen LogP contribution < -0.4 is 0 Å². The number of hydrogen-bond acceptors (Lipinski definition) is 8. The molecule has 29 heavy (non-hydrogen) atoms. The average molecular weight is 441 g/mol. The van der Waals surface area contributed by atoms with E-state index >= 15 is 0 Å². The monoisotopic (exact) mass is 440 g/mol. The fourth-order valence-electron chi connectivity index (χ4n) is 1.54. The maximum absolute atomic E-state index is 10.6. The van der Waals surface area contributed by atoms with E-state index in [2.05, 4.69) is 55.4 Å². The van der Waals surface area contributed by atoms with Gasteiger partial charge in [0.05, 0.1) is 68.6 Å². The minimum Gasteiger partial charge on any atom is -0.759 e. The number of rotatable bonds is 10. The van der Waals surface area contributed by atoms with Gasteiger partial charge in [-0.15, -0.1) is 0 Å². The van der Waals surface area contributed by atoms with Crippen LogP contribution >= 0.6 is 0 Å². The van der Waals surface area contributed by atoms with Gasteiger partial charge in [-0.05, 0) is 0 Å². The van der Waals surface area contributed by atoms with Crippen LogP contribution in [0, 0.1) is 0 Å². The van der Waals surface area contributed by atoms with Crippen molar-refractivity contribution in [1.29, 1.82) is 0 Å². The molecule has 11 heteroatoms. The lowest BCUT2D eigenvalue weighted by atomic mass is 10.4. The number of ether oxygens (including phenoxy) is 2. The molecule has 0 radical (unpaired) electrons. The van der Waals surface area contributed by atoms with Gasteiger partial charge in [0, 0.05) is 35.4 Å². The van der Waals surface area contributed by atoms with Crippen LogP contribution in [0.25, 0.3) is 0 Å². The molecule has 0 bridgehead atoms. The molecule has 0 rings (SSSR count). The molecule has 0 aliphatic rings. The summed E-state index contributed by atoms with van der Waals surface area (Å²) in [5.74, 6) is -0.673. The van der Waals surface area contributed by atoms with E-state index in [0.717, 1.165) is 34.9 Å². The smallest absolute Gasteiger partial charge is 0.330 e. The molecular weight excluding hydrogens is 404 g/mol. The van der Waals surface area contributed by atoms with Crippen LogP contribution in [0.4, 0.5) is 0 Å². The number of nitrogens with zero attached hydrogens (tertiary/aromatic N) is 2. The molecule has 0 saturated heterocycles. The predicted molar refractivity (Wildman–Crippen MR) is 108 cm³/mol. The zero-order valence-corrected chi connectivity index (χ0v) is 19.2. The average Bonchev–Trinajstić information content (AvgIpc) is 2.52. The Labute approximate surface area is 175 Å². The molecule has 0 aromatic heterocycles. The first-order valence-corrected chi connectivity index (χ1v) is 10.1. The molecule has 0 saturated carbocycles. The summed E-state index contributed by atoms with van der Waals surface area (Å²) in [5, 5.41) is 0. The maximum Gasteiger partial charge on any atom is 0.330 e. The molecule has 0 spiro atoms. The van der Waals surface area contributed by atoms with Gasteiger partial charge in [0.25, 0.3) is 0 Å². The van der Waals surface area contributed by atoms with Gasteiger partial charge >= 0.3 is 11.9 Å². The fraction of sp³-hybridized carbons (Fsp3) is 0.667.